The van der Waals surface area contributed by atoms with Gasteiger partial charge in [-0.2, -0.15) is 8.78 Å². The average molecular weight is 821 g/mol. The third-order valence-electron chi connectivity index (χ3n) is 8.70. The molecule has 0 saturated heterocycles. The molecule has 5 aromatic rings. The van der Waals surface area contributed by atoms with Crippen molar-refractivity contribution in [2.24, 2.45) is 0 Å². The number of benzene rings is 5. The molecule has 0 saturated carbocycles. The number of rotatable bonds is 7. The van der Waals surface area contributed by atoms with Crippen molar-refractivity contribution in [3.05, 3.63) is 152 Å². The van der Waals surface area contributed by atoms with Gasteiger partial charge < -0.3 is 4.49 Å². The molecule has 0 aliphatic carbocycles. The number of hydrogen-bond donors (Lipinski definition) is 1. The molecule has 0 aliphatic rings. The van der Waals surface area contributed by atoms with Crippen molar-refractivity contribution in [2.75, 3.05) is 5.32 Å². The maximum absolute atomic E-state index is 15.6. The number of hydrogen-bond acceptors (Lipinski definition) is 0. The van der Waals surface area contributed by atoms with Crippen molar-refractivity contribution in [3.8, 4) is 0 Å². The van der Waals surface area contributed by atoms with E-state index >= 15 is 26.3 Å². The third-order valence-corrected chi connectivity index (χ3v) is 8.70. The first-order valence-corrected chi connectivity index (χ1v) is 16.7. The summed E-state index contributed by atoms with van der Waals surface area (Å²) in [4.78, 5) is 0. The molecule has 1 radical (unpaired) electrons. The minimum Gasteiger partial charge on any atom is -0.441 e. The van der Waals surface area contributed by atoms with Gasteiger partial charge in [0.1, 0.15) is 29.0 Å². The Morgan fingerprint density at radius 3 is 1.07 bits per heavy atom. The first-order valence-electron chi connectivity index (χ1n) is 16.7. The first kappa shape index (κ1) is 44.3. The van der Waals surface area contributed by atoms with Crippen LogP contribution >= 0.6 is 0 Å². The Bertz CT molecular complexity index is 2200. The SMILES string of the molecule is C/C(Nc1c(C(C)C)cccc1C(C)C)=[N+](/[B-](c1c(F)c(F)c(F)c(F)c1F)c1c(F)c(F)c(F)c(F)c1F)c1c(F)c(F)c(F)c(F)c1F.Cc1ccccc1. The Balaban J connectivity index is 0.000000925. The molecule has 57 heavy (non-hydrogen) atoms. The molecule has 0 bridgehead atoms. The summed E-state index contributed by atoms with van der Waals surface area (Å²) in [5.74, 6) is -45.6. The van der Waals surface area contributed by atoms with Crippen LogP contribution in [0.25, 0.3) is 0 Å². The fraction of sp³-hybridized carbons (Fsp3) is 0.205. The second kappa shape index (κ2) is 17.4. The molecule has 5 aromatic carbocycles. The van der Waals surface area contributed by atoms with Gasteiger partial charge in [0.2, 0.25) is 34.9 Å². The largest absolute Gasteiger partial charge is 0.441 e. The molecule has 0 fully saturated rings. The summed E-state index contributed by atoms with van der Waals surface area (Å²) in [6.45, 7) is 5.42. The molecule has 18 heteroatoms. The van der Waals surface area contributed by atoms with E-state index in [-0.39, 0.29) is 5.69 Å². The zero-order valence-electron chi connectivity index (χ0n) is 30.5. The zero-order valence-corrected chi connectivity index (χ0v) is 30.5. The monoisotopic (exact) mass is 821 g/mol. The number of aryl methyl sites for hydroxylation is 1. The molecular weight excluding hydrogens is 792 g/mol. The smallest absolute Gasteiger partial charge is 0.207 e. The predicted molar refractivity (Wildman–Crippen MR) is 184 cm³/mol. The Morgan fingerprint density at radius 2 is 0.772 bits per heavy atom. The van der Waals surface area contributed by atoms with Crippen LogP contribution in [0.2, 0.25) is 0 Å². The summed E-state index contributed by atoms with van der Waals surface area (Å²) < 4.78 is 223. The second-order valence-electron chi connectivity index (χ2n) is 13.1. The second-order valence-corrected chi connectivity index (χ2v) is 13.1. The van der Waals surface area contributed by atoms with Crippen molar-refractivity contribution in [3.63, 3.8) is 0 Å². The minimum atomic E-state index is -3.78. The van der Waals surface area contributed by atoms with Crippen LogP contribution in [0.5, 0.6) is 0 Å². The van der Waals surface area contributed by atoms with Gasteiger partial charge in [0, 0.05) is 18.1 Å². The van der Waals surface area contributed by atoms with E-state index in [9.17, 15) is 39.5 Å². The Hall–Kier alpha value is -5.42. The lowest BCUT2D eigenvalue weighted by molar-refractivity contribution is -0.290. The molecule has 5 rings (SSSR count). The predicted octanol–water partition coefficient (Wildman–Crippen LogP) is 11.0. The van der Waals surface area contributed by atoms with Crippen LogP contribution in [0.3, 0.4) is 0 Å². The number of nitrogens with one attached hydrogen (secondary N) is 1. The van der Waals surface area contributed by atoms with Gasteiger partial charge in [-0.15, -0.1) is 10.9 Å². The lowest BCUT2D eigenvalue weighted by atomic mass is 9.48. The van der Waals surface area contributed by atoms with Crippen LogP contribution in [0.4, 0.5) is 77.2 Å². The van der Waals surface area contributed by atoms with Crippen LogP contribution < -0.4 is 16.2 Å². The molecule has 303 valence electrons. The van der Waals surface area contributed by atoms with Crippen molar-refractivity contribution in [1.29, 1.82) is 0 Å². The van der Waals surface area contributed by atoms with Gasteiger partial charge in [0.25, 0.3) is 0 Å². The molecule has 0 spiro atoms. The summed E-state index contributed by atoms with van der Waals surface area (Å²) in [7, 11) is 0. The van der Waals surface area contributed by atoms with Gasteiger partial charge in [0.05, 0.1) is 0 Å². The van der Waals surface area contributed by atoms with E-state index < -0.39 is 133 Å². The summed E-state index contributed by atoms with van der Waals surface area (Å²) in [6.07, 6.45) is 0. The average Bonchev–Trinajstić information content (AvgIpc) is 3.17. The third kappa shape index (κ3) is 8.21. The van der Waals surface area contributed by atoms with E-state index in [4.69, 9.17) is 0 Å². The summed E-state index contributed by atoms with van der Waals surface area (Å²) >= 11 is 0. The van der Waals surface area contributed by atoms with Crippen molar-refractivity contribution in [2.45, 2.75) is 53.4 Å². The summed E-state index contributed by atoms with van der Waals surface area (Å²) in [5.41, 5.74) is -5.42. The maximum Gasteiger partial charge on any atom is 0.207 e. The summed E-state index contributed by atoms with van der Waals surface area (Å²) in [5, 5.41) is 2.49. The highest BCUT2D eigenvalue weighted by Crippen LogP contribution is 2.35. The molecule has 2 nitrogen and oxygen atoms in total. The van der Waals surface area contributed by atoms with E-state index in [2.05, 4.69) is 24.4 Å². The zero-order chi connectivity index (χ0) is 43.0. The van der Waals surface area contributed by atoms with Crippen LogP contribution in [-0.2, 0) is 0 Å². The highest BCUT2D eigenvalue weighted by atomic mass is 19.2. The Kier molecular flexibility index (Phi) is 13.5. The maximum atomic E-state index is 15.6. The van der Waals surface area contributed by atoms with E-state index in [0.29, 0.717) is 18.1 Å². The molecule has 0 amide bonds. The Morgan fingerprint density at radius 1 is 0.456 bits per heavy atom. The number of halogens is 15. The van der Waals surface area contributed by atoms with Crippen LogP contribution in [0.1, 0.15) is 63.1 Å². The summed E-state index contributed by atoms with van der Waals surface area (Å²) in [6, 6.07) is 14.7. The van der Waals surface area contributed by atoms with Gasteiger partial charge in [-0.3, -0.25) is 0 Å². The fourth-order valence-corrected chi connectivity index (χ4v) is 5.89. The lowest BCUT2D eigenvalue weighted by Crippen LogP contribution is -2.58. The van der Waals surface area contributed by atoms with Crippen LogP contribution in [-0.4, -0.2) is 17.2 Å². The quantitative estimate of drug-likeness (QED) is 0.0432. The van der Waals surface area contributed by atoms with E-state index in [1.165, 1.54) is 17.7 Å². The van der Waals surface area contributed by atoms with Crippen molar-refractivity contribution < 1.29 is 70.3 Å². The Labute approximate surface area is 316 Å². The van der Waals surface area contributed by atoms with Gasteiger partial charge >= 0.3 is 0 Å². The minimum absolute atomic E-state index is 0.0440. The fourth-order valence-electron chi connectivity index (χ4n) is 5.89. The highest BCUT2D eigenvalue weighted by Gasteiger charge is 2.39. The number of amidine groups is 1. The molecule has 0 aliphatic heterocycles. The van der Waals surface area contributed by atoms with Crippen molar-refractivity contribution >= 4 is 35.0 Å². The number of anilines is 1. The molecule has 0 aromatic heterocycles. The normalized spacial score (nSPS) is 12.0. The van der Waals surface area contributed by atoms with Gasteiger partial charge in [-0.25, -0.2) is 62.4 Å². The van der Waals surface area contributed by atoms with Crippen LogP contribution in [0, 0.1) is 94.2 Å². The molecule has 0 heterocycles. The van der Waals surface area contributed by atoms with Gasteiger partial charge in [-0.1, -0.05) is 81.8 Å². The molecule has 0 atom stereocenters. The van der Waals surface area contributed by atoms with Gasteiger partial charge in [0.15, 0.2) is 47.4 Å². The van der Waals surface area contributed by atoms with Crippen molar-refractivity contribution in [1.82, 2.24) is 0 Å². The van der Waals surface area contributed by atoms with Crippen LogP contribution in [0.15, 0.2) is 48.5 Å². The molecule has 0 unspecified atom stereocenters. The number of para-hydroxylation sites is 1. The number of nitrogens with zero attached hydrogens (tertiary/aromatic N) is 1. The van der Waals surface area contributed by atoms with E-state index in [1.807, 2.05) is 18.2 Å². The first-order chi connectivity index (χ1) is 26.6. The van der Waals surface area contributed by atoms with E-state index in [1.54, 1.807) is 33.8 Å². The van der Waals surface area contributed by atoms with E-state index in [0.717, 1.165) is 0 Å². The molecular formula is C39H29BF15N2. The highest BCUT2D eigenvalue weighted by molar-refractivity contribution is 6.79. The topological polar surface area (TPSA) is 15.0 Å². The standard InChI is InChI=1S/C32H21BF15N2.C7H8/c1-9(2)12-7-6-8-13(10(3)4)31(12)49-11(5)50(32-29(47)27(45)26(44)28(46)30(32)48)33(14-16(34)20(38)24(42)21(39)17(14)35)15-18(36)22(40)25(43)23(41)19(15)37;1-7-5-3-2-4-6-7/h6-10,49H,1-5H3;2-6H,1H3/b50-11-;. The van der Waals surface area contributed by atoms with Gasteiger partial charge in [-0.05, 0) is 18.8 Å². The molecule has 1 N–H and O–H groups in total. The lowest BCUT2D eigenvalue weighted by Gasteiger charge is -2.34.